The van der Waals surface area contributed by atoms with E-state index < -0.39 is 0 Å². The number of carbonyl (C=O) groups is 1. The van der Waals surface area contributed by atoms with E-state index in [4.69, 9.17) is 0 Å². The average molecular weight is 369 g/mol. The van der Waals surface area contributed by atoms with Crippen molar-refractivity contribution in [2.45, 2.75) is 38.6 Å². The Hall–Kier alpha value is -0.580. The predicted octanol–water partition coefficient (Wildman–Crippen LogP) is 3.85. The zero-order valence-electron chi connectivity index (χ0n) is 11.2. The Balaban J connectivity index is 1.61. The van der Waals surface area contributed by atoms with E-state index in [1.807, 2.05) is 24.3 Å². The summed E-state index contributed by atoms with van der Waals surface area (Å²) in [6.45, 7) is 2.18. The van der Waals surface area contributed by atoms with Crippen LogP contribution in [0.4, 0.5) is 0 Å². The molecule has 0 aromatic heterocycles. The fourth-order valence-corrected chi connectivity index (χ4v) is 4.26. The maximum atomic E-state index is 12.2. The molecule has 2 nitrogen and oxygen atoms in total. The molecule has 0 aliphatic heterocycles. The largest absolute Gasteiger partial charge is 0.349 e. The molecule has 0 radical (unpaired) electrons. The quantitative estimate of drug-likeness (QED) is 0.806. The van der Waals surface area contributed by atoms with E-state index in [0.29, 0.717) is 12.0 Å². The lowest BCUT2D eigenvalue weighted by atomic mass is 9.84. The van der Waals surface area contributed by atoms with Crippen LogP contribution in [0, 0.1) is 21.3 Å². The van der Waals surface area contributed by atoms with Gasteiger partial charge in [0.25, 0.3) is 5.91 Å². The predicted molar refractivity (Wildman–Crippen MR) is 85.0 cm³/mol. The van der Waals surface area contributed by atoms with Crippen LogP contribution >= 0.6 is 22.6 Å². The fourth-order valence-electron chi connectivity index (χ4n) is 3.90. The second-order valence-corrected chi connectivity index (χ2v) is 7.35. The van der Waals surface area contributed by atoms with Crippen LogP contribution < -0.4 is 5.32 Å². The summed E-state index contributed by atoms with van der Waals surface area (Å²) < 4.78 is 1.16. The third-order valence-corrected chi connectivity index (χ3v) is 5.62. The van der Waals surface area contributed by atoms with Gasteiger partial charge in [0.05, 0.1) is 0 Å². The molecule has 2 aliphatic carbocycles. The number of fused-ring (bicyclic) bond motifs is 2. The number of hydrogen-bond donors (Lipinski definition) is 1. The van der Waals surface area contributed by atoms with Crippen molar-refractivity contribution in [3.05, 3.63) is 33.4 Å². The highest BCUT2D eigenvalue weighted by atomic mass is 127. The summed E-state index contributed by atoms with van der Waals surface area (Å²) in [5.41, 5.74) is 0.774. The smallest absolute Gasteiger partial charge is 0.251 e. The van der Waals surface area contributed by atoms with Gasteiger partial charge in [-0.1, -0.05) is 6.42 Å². The summed E-state index contributed by atoms with van der Waals surface area (Å²) in [5.74, 6) is 2.57. The molecule has 2 fully saturated rings. The number of amides is 1. The van der Waals surface area contributed by atoms with Crippen LogP contribution in [0.15, 0.2) is 24.3 Å². The van der Waals surface area contributed by atoms with Gasteiger partial charge in [0.2, 0.25) is 0 Å². The standard InChI is InChI=1S/C16H20INO/c1-10(15-9-11-2-3-13(15)8-11)18-16(19)12-4-6-14(17)7-5-12/h4-7,10-11,13,15H,2-3,8-9H2,1H3,(H,18,19)/t10-,11+,13+,15-/m0/s1. The summed E-state index contributed by atoms with van der Waals surface area (Å²) in [4.78, 5) is 12.2. The number of hydrogen-bond acceptors (Lipinski definition) is 1. The molecule has 0 heterocycles. The first-order valence-electron chi connectivity index (χ1n) is 7.20. The first-order chi connectivity index (χ1) is 9.13. The second-order valence-electron chi connectivity index (χ2n) is 6.11. The van der Waals surface area contributed by atoms with Gasteiger partial charge in [0.1, 0.15) is 0 Å². The minimum Gasteiger partial charge on any atom is -0.349 e. The molecule has 1 N–H and O–H groups in total. The third kappa shape index (κ3) is 2.81. The lowest BCUT2D eigenvalue weighted by Gasteiger charge is -2.28. The van der Waals surface area contributed by atoms with Gasteiger partial charge in [-0.3, -0.25) is 4.79 Å². The van der Waals surface area contributed by atoms with E-state index >= 15 is 0 Å². The van der Waals surface area contributed by atoms with E-state index in [1.54, 1.807) is 0 Å². The summed E-state index contributed by atoms with van der Waals surface area (Å²) in [6.07, 6.45) is 5.51. The van der Waals surface area contributed by atoms with Crippen molar-refractivity contribution in [2.75, 3.05) is 0 Å². The van der Waals surface area contributed by atoms with Gasteiger partial charge in [-0.2, -0.15) is 0 Å². The van der Waals surface area contributed by atoms with Gasteiger partial charge in [-0.05, 0) is 90.8 Å². The SMILES string of the molecule is C[C@H](NC(=O)c1ccc(I)cc1)[C@@H]1C[C@@H]2CC[C@@H]1C2. The van der Waals surface area contributed by atoms with Gasteiger partial charge < -0.3 is 5.32 Å². The maximum absolute atomic E-state index is 12.2. The van der Waals surface area contributed by atoms with E-state index in [1.165, 1.54) is 25.7 Å². The Labute approximate surface area is 128 Å². The lowest BCUT2D eigenvalue weighted by Crippen LogP contribution is -2.40. The Morgan fingerprint density at radius 1 is 1.26 bits per heavy atom. The topological polar surface area (TPSA) is 29.1 Å². The van der Waals surface area contributed by atoms with Crippen molar-refractivity contribution in [1.29, 1.82) is 0 Å². The molecule has 19 heavy (non-hydrogen) atoms. The first-order valence-corrected chi connectivity index (χ1v) is 8.28. The van der Waals surface area contributed by atoms with Gasteiger partial charge in [-0.15, -0.1) is 0 Å². The minimum absolute atomic E-state index is 0.0756. The van der Waals surface area contributed by atoms with E-state index in [9.17, 15) is 4.79 Å². The van der Waals surface area contributed by atoms with Crippen LogP contribution in [-0.2, 0) is 0 Å². The van der Waals surface area contributed by atoms with Crippen LogP contribution in [0.5, 0.6) is 0 Å². The lowest BCUT2D eigenvalue weighted by molar-refractivity contribution is 0.0915. The molecule has 2 bridgehead atoms. The number of rotatable bonds is 3. The maximum Gasteiger partial charge on any atom is 0.251 e. The van der Waals surface area contributed by atoms with Crippen molar-refractivity contribution in [3.63, 3.8) is 0 Å². The van der Waals surface area contributed by atoms with Gasteiger partial charge in [-0.25, -0.2) is 0 Å². The molecule has 2 aliphatic rings. The molecule has 0 saturated heterocycles. The molecule has 1 amide bonds. The molecule has 1 aromatic rings. The normalized spacial score (nSPS) is 30.3. The summed E-state index contributed by atoms with van der Waals surface area (Å²) in [6, 6.07) is 8.09. The molecule has 3 heteroatoms. The molecule has 2 saturated carbocycles. The Morgan fingerprint density at radius 3 is 2.58 bits per heavy atom. The molecule has 0 spiro atoms. The van der Waals surface area contributed by atoms with Crippen molar-refractivity contribution < 1.29 is 4.79 Å². The van der Waals surface area contributed by atoms with Gasteiger partial charge in [0, 0.05) is 15.2 Å². The molecular weight excluding hydrogens is 349 g/mol. The highest BCUT2D eigenvalue weighted by molar-refractivity contribution is 14.1. The molecule has 4 atom stereocenters. The molecular formula is C16H20INO. The highest BCUT2D eigenvalue weighted by Gasteiger charge is 2.42. The minimum atomic E-state index is 0.0756. The number of benzene rings is 1. The second kappa shape index (κ2) is 5.43. The fraction of sp³-hybridized carbons (Fsp3) is 0.562. The Kier molecular flexibility index (Phi) is 3.83. The van der Waals surface area contributed by atoms with Crippen molar-refractivity contribution in [1.82, 2.24) is 5.32 Å². The van der Waals surface area contributed by atoms with Crippen LogP contribution in [0.25, 0.3) is 0 Å². The number of halogens is 1. The zero-order valence-corrected chi connectivity index (χ0v) is 13.4. The molecule has 102 valence electrons. The summed E-state index contributed by atoms with van der Waals surface area (Å²) >= 11 is 2.26. The van der Waals surface area contributed by atoms with Crippen LogP contribution in [0.1, 0.15) is 43.0 Å². The molecule has 3 rings (SSSR count). The van der Waals surface area contributed by atoms with E-state index in [0.717, 1.165) is 21.0 Å². The van der Waals surface area contributed by atoms with E-state index in [2.05, 4.69) is 34.8 Å². The highest BCUT2D eigenvalue weighted by Crippen LogP contribution is 2.49. The van der Waals surface area contributed by atoms with Crippen molar-refractivity contribution >= 4 is 28.5 Å². The first kappa shape index (κ1) is 13.4. The van der Waals surface area contributed by atoms with E-state index in [-0.39, 0.29) is 5.91 Å². The number of nitrogens with one attached hydrogen (secondary N) is 1. The van der Waals surface area contributed by atoms with Crippen LogP contribution in [0.2, 0.25) is 0 Å². The third-order valence-electron chi connectivity index (χ3n) is 4.90. The zero-order chi connectivity index (χ0) is 13.4. The monoisotopic (exact) mass is 369 g/mol. The Bertz CT molecular complexity index is 470. The van der Waals surface area contributed by atoms with Gasteiger partial charge in [0.15, 0.2) is 0 Å². The van der Waals surface area contributed by atoms with Crippen LogP contribution in [0.3, 0.4) is 0 Å². The Morgan fingerprint density at radius 2 is 2.00 bits per heavy atom. The molecule has 1 aromatic carbocycles. The van der Waals surface area contributed by atoms with Crippen molar-refractivity contribution in [3.8, 4) is 0 Å². The average Bonchev–Trinajstić information content (AvgIpc) is 3.01. The van der Waals surface area contributed by atoms with Crippen molar-refractivity contribution in [2.24, 2.45) is 17.8 Å². The van der Waals surface area contributed by atoms with Gasteiger partial charge >= 0.3 is 0 Å². The number of carbonyl (C=O) groups excluding carboxylic acids is 1. The summed E-state index contributed by atoms with van der Waals surface area (Å²) in [7, 11) is 0. The summed E-state index contributed by atoms with van der Waals surface area (Å²) in [5, 5.41) is 3.20. The molecule has 0 unspecified atom stereocenters. The van der Waals surface area contributed by atoms with Crippen LogP contribution in [-0.4, -0.2) is 11.9 Å².